The Morgan fingerprint density at radius 3 is 2.86 bits per heavy atom. The van der Waals surface area contributed by atoms with Crippen LogP contribution in [0.2, 0.25) is 5.02 Å². The van der Waals surface area contributed by atoms with Gasteiger partial charge in [-0.1, -0.05) is 23.7 Å². The van der Waals surface area contributed by atoms with E-state index in [-0.39, 0.29) is 5.91 Å². The quantitative estimate of drug-likeness (QED) is 0.561. The number of aromatic nitrogens is 2. The maximum absolute atomic E-state index is 12.2. The van der Waals surface area contributed by atoms with Crippen molar-refractivity contribution in [2.24, 2.45) is 0 Å². The summed E-state index contributed by atoms with van der Waals surface area (Å²) in [7, 11) is 1.55. The van der Waals surface area contributed by atoms with E-state index in [9.17, 15) is 4.79 Å². The van der Waals surface area contributed by atoms with Crippen LogP contribution in [0.5, 0.6) is 11.5 Å². The number of rotatable bonds is 8. The highest BCUT2D eigenvalue weighted by atomic mass is 35.5. The van der Waals surface area contributed by atoms with Crippen molar-refractivity contribution >= 4 is 34.6 Å². The van der Waals surface area contributed by atoms with Gasteiger partial charge in [-0.25, -0.2) is 4.98 Å². The Hall–Kier alpha value is -2.99. The largest absolute Gasteiger partial charge is 0.493 e. The molecule has 3 aromatic rings. The molecule has 0 atom stereocenters. The molecule has 0 aliphatic heterocycles. The molecular formula is C22H24ClN3O3. The Balaban J connectivity index is 1.61. The molecule has 1 N–H and O–H groups in total. The van der Waals surface area contributed by atoms with Crippen molar-refractivity contribution in [1.29, 1.82) is 0 Å². The van der Waals surface area contributed by atoms with E-state index in [0.717, 1.165) is 22.4 Å². The van der Waals surface area contributed by atoms with Gasteiger partial charge in [0.05, 0.1) is 29.8 Å². The fraction of sp³-hybridized carbons (Fsp3) is 0.273. The number of ether oxygens (including phenoxy) is 2. The molecule has 3 rings (SSSR count). The van der Waals surface area contributed by atoms with Crippen LogP contribution in [0.3, 0.4) is 0 Å². The highest BCUT2D eigenvalue weighted by molar-refractivity contribution is 6.32. The van der Waals surface area contributed by atoms with Gasteiger partial charge in [-0.2, -0.15) is 0 Å². The third kappa shape index (κ3) is 4.90. The maximum atomic E-state index is 12.2. The van der Waals surface area contributed by atoms with Gasteiger partial charge in [0, 0.05) is 19.2 Å². The first-order valence-electron chi connectivity index (χ1n) is 9.41. The molecule has 0 saturated carbocycles. The predicted molar refractivity (Wildman–Crippen MR) is 116 cm³/mol. The molecule has 0 radical (unpaired) electrons. The summed E-state index contributed by atoms with van der Waals surface area (Å²) >= 11 is 6.26. The van der Waals surface area contributed by atoms with Crippen molar-refractivity contribution in [2.75, 3.05) is 20.3 Å². The van der Waals surface area contributed by atoms with E-state index in [0.29, 0.717) is 36.2 Å². The first kappa shape index (κ1) is 20.7. The number of methoxy groups -OCH3 is 1. The lowest BCUT2D eigenvalue weighted by atomic mass is 10.2. The van der Waals surface area contributed by atoms with Crippen LogP contribution in [-0.4, -0.2) is 35.7 Å². The van der Waals surface area contributed by atoms with Crippen LogP contribution in [0.25, 0.3) is 17.1 Å². The molecule has 0 aliphatic rings. The third-order valence-electron chi connectivity index (χ3n) is 4.45. The molecule has 1 amide bonds. The minimum absolute atomic E-state index is 0.184. The van der Waals surface area contributed by atoms with Crippen LogP contribution in [0, 0.1) is 6.92 Å². The minimum atomic E-state index is -0.184. The van der Waals surface area contributed by atoms with E-state index in [1.807, 2.05) is 38.1 Å². The molecule has 1 aromatic heterocycles. The second-order valence-corrected chi connectivity index (χ2v) is 6.80. The van der Waals surface area contributed by atoms with Gasteiger partial charge in [0.15, 0.2) is 11.5 Å². The number of hydrogen-bond acceptors (Lipinski definition) is 4. The van der Waals surface area contributed by atoms with Gasteiger partial charge in [-0.3, -0.25) is 4.79 Å². The first-order chi connectivity index (χ1) is 14.0. The Morgan fingerprint density at radius 1 is 1.31 bits per heavy atom. The fourth-order valence-electron chi connectivity index (χ4n) is 3.12. The SMILES string of the molecule is CCOc1c(Cl)cc(/C=C/C(=O)NCCn2c(C)nc3ccccc32)cc1OC. The summed E-state index contributed by atoms with van der Waals surface area (Å²) in [5, 5.41) is 3.33. The van der Waals surface area contributed by atoms with E-state index in [2.05, 4.69) is 14.9 Å². The summed E-state index contributed by atoms with van der Waals surface area (Å²) in [5.41, 5.74) is 2.77. The lowest BCUT2D eigenvalue weighted by Crippen LogP contribution is -2.25. The zero-order valence-electron chi connectivity index (χ0n) is 16.7. The average Bonchev–Trinajstić information content (AvgIpc) is 3.03. The molecule has 0 bridgehead atoms. The van der Waals surface area contributed by atoms with Crippen molar-refractivity contribution in [3.05, 3.63) is 58.9 Å². The predicted octanol–water partition coefficient (Wildman–Crippen LogP) is 4.24. The molecule has 0 aliphatic carbocycles. The van der Waals surface area contributed by atoms with Gasteiger partial charge < -0.3 is 19.4 Å². The van der Waals surface area contributed by atoms with Crippen LogP contribution < -0.4 is 14.8 Å². The van der Waals surface area contributed by atoms with Gasteiger partial charge in [0.1, 0.15) is 5.82 Å². The molecule has 29 heavy (non-hydrogen) atoms. The van der Waals surface area contributed by atoms with E-state index in [4.69, 9.17) is 21.1 Å². The second-order valence-electron chi connectivity index (χ2n) is 6.39. The van der Waals surface area contributed by atoms with Crippen LogP contribution in [-0.2, 0) is 11.3 Å². The molecule has 0 fully saturated rings. The number of halogens is 1. The lowest BCUT2D eigenvalue weighted by Gasteiger charge is -2.12. The van der Waals surface area contributed by atoms with Crippen molar-refractivity contribution in [3.8, 4) is 11.5 Å². The molecule has 1 heterocycles. The van der Waals surface area contributed by atoms with E-state index in [1.165, 1.54) is 6.08 Å². The molecule has 2 aromatic carbocycles. The number of para-hydroxylation sites is 2. The van der Waals surface area contributed by atoms with Crippen LogP contribution >= 0.6 is 11.6 Å². The number of carbonyl (C=O) groups excluding carboxylic acids is 1. The monoisotopic (exact) mass is 413 g/mol. The zero-order chi connectivity index (χ0) is 20.8. The van der Waals surface area contributed by atoms with Crippen molar-refractivity contribution in [3.63, 3.8) is 0 Å². The molecule has 0 unspecified atom stereocenters. The normalized spacial score (nSPS) is 11.2. The minimum Gasteiger partial charge on any atom is -0.493 e. The Labute approximate surface area is 175 Å². The van der Waals surface area contributed by atoms with Crippen LogP contribution in [0.15, 0.2) is 42.5 Å². The molecule has 0 saturated heterocycles. The summed E-state index contributed by atoms with van der Waals surface area (Å²) in [6.07, 6.45) is 3.17. The van der Waals surface area contributed by atoms with E-state index in [1.54, 1.807) is 25.3 Å². The summed E-state index contributed by atoms with van der Waals surface area (Å²) in [6, 6.07) is 11.5. The van der Waals surface area contributed by atoms with Gasteiger partial charge in [0.25, 0.3) is 0 Å². The Bertz CT molecular complexity index is 1040. The number of benzene rings is 2. The summed E-state index contributed by atoms with van der Waals surface area (Å²) in [6.45, 7) is 5.47. The summed E-state index contributed by atoms with van der Waals surface area (Å²) in [5.74, 6) is 1.77. The fourth-order valence-corrected chi connectivity index (χ4v) is 3.39. The van der Waals surface area contributed by atoms with E-state index >= 15 is 0 Å². The summed E-state index contributed by atoms with van der Waals surface area (Å²) in [4.78, 5) is 16.7. The van der Waals surface area contributed by atoms with Gasteiger partial charge in [-0.05, 0) is 49.8 Å². The number of carbonyl (C=O) groups is 1. The number of fused-ring (bicyclic) bond motifs is 1. The first-order valence-corrected chi connectivity index (χ1v) is 9.79. The van der Waals surface area contributed by atoms with Crippen LogP contribution in [0.1, 0.15) is 18.3 Å². The molecular weight excluding hydrogens is 390 g/mol. The smallest absolute Gasteiger partial charge is 0.244 e. The number of amides is 1. The Morgan fingerprint density at radius 2 is 2.10 bits per heavy atom. The van der Waals surface area contributed by atoms with Gasteiger partial charge >= 0.3 is 0 Å². The zero-order valence-corrected chi connectivity index (χ0v) is 17.5. The summed E-state index contributed by atoms with van der Waals surface area (Å²) < 4.78 is 12.9. The Kier molecular flexibility index (Phi) is 6.77. The number of aryl methyl sites for hydroxylation is 1. The van der Waals surface area contributed by atoms with Gasteiger partial charge in [-0.15, -0.1) is 0 Å². The van der Waals surface area contributed by atoms with Crippen molar-refractivity contribution in [1.82, 2.24) is 14.9 Å². The number of nitrogens with one attached hydrogen (secondary N) is 1. The number of imidazole rings is 1. The van der Waals surface area contributed by atoms with Crippen molar-refractivity contribution in [2.45, 2.75) is 20.4 Å². The van der Waals surface area contributed by atoms with Crippen molar-refractivity contribution < 1.29 is 14.3 Å². The van der Waals surface area contributed by atoms with Crippen LogP contribution in [0.4, 0.5) is 0 Å². The maximum Gasteiger partial charge on any atom is 0.244 e. The highest BCUT2D eigenvalue weighted by Crippen LogP contribution is 2.36. The average molecular weight is 414 g/mol. The second kappa shape index (κ2) is 9.47. The molecule has 152 valence electrons. The topological polar surface area (TPSA) is 65.4 Å². The molecule has 7 heteroatoms. The van der Waals surface area contributed by atoms with Gasteiger partial charge in [0.2, 0.25) is 5.91 Å². The standard InChI is InChI=1S/C22H24ClN3O3/c1-4-29-22-17(23)13-16(14-20(22)28-3)9-10-21(27)24-11-12-26-15(2)25-18-7-5-6-8-19(18)26/h5-10,13-14H,4,11-12H2,1-3H3,(H,24,27)/b10-9+. The molecule has 6 nitrogen and oxygen atoms in total. The molecule has 0 spiro atoms. The van der Waals surface area contributed by atoms with E-state index < -0.39 is 0 Å². The number of hydrogen-bond donors (Lipinski definition) is 1. The third-order valence-corrected chi connectivity index (χ3v) is 4.73. The highest BCUT2D eigenvalue weighted by Gasteiger charge is 2.11. The number of nitrogens with zero attached hydrogens (tertiary/aromatic N) is 2. The lowest BCUT2D eigenvalue weighted by molar-refractivity contribution is -0.116.